The summed E-state index contributed by atoms with van der Waals surface area (Å²) in [5, 5.41) is 3.33. The Morgan fingerprint density at radius 1 is 1.24 bits per heavy atom. The number of ether oxygens (including phenoxy) is 2. The van der Waals surface area contributed by atoms with Gasteiger partial charge in [-0.2, -0.15) is 0 Å². The van der Waals surface area contributed by atoms with Crippen molar-refractivity contribution in [3.63, 3.8) is 0 Å². The van der Waals surface area contributed by atoms with Crippen LogP contribution in [0.25, 0.3) is 0 Å². The van der Waals surface area contributed by atoms with Gasteiger partial charge in [-0.25, -0.2) is 0 Å². The lowest BCUT2D eigenvalue weighted by atomic mass is 9.92. The van der Waals surface area contributed by atoms with Crippen molar-refractivity contribution in [2.75, 3.05) is 27.3 Å². The first-order valence-electron chi connectivity index (χ1n) is 7.80. The van der Waals surface area contributed by atoms with E-state index in [4.69, 9.17) is 9.47 Å². The zero-order valence-corrected chi connectivity index (χ0v) is 15.0. The molecule has 2 atom stereocenters. The van der Waals surface area contributed by atoms with Gasteiger partial charge < -0.3 is 14.4 Å². The highest BCUT2D eigenvalue weighted by molar-refractivity contribution is 5.80. The van der Waals surface area contributed by atoms with Crippen LogP contribution in [0.5, 0.6) is 0 Å². The third-order valence-corrected chi connectivity index (χ3v) is 3.59. The van der Waals surface area contributed by atoms with E-state index in [9.17, 15) is 4.79 Å². The second-order valence-electron chi connectivity index (χ2n) is 6.58. The number of hydrogen-bond acceptors (Lipinski definition) is 5. The summed E-state index contributed by atoms with van der Waals surface area (Å²) in [5.74, 6) is -0.213. The normalized spacial score (nSPS) is 16.3. The smallest absolute Gasteiger partial charge is 0.325 e. The van der Waals surface area contributed by atoms with Crippen molar-refractivity contribution in [2.24, 2.45) is 0 Å². The molecule has 0 aliphatic heterocycles. The first-order chi connectivity index (χ1) is 9.62. The lowest BCUT2D eigenvalue weighted by molar-refractivity contribution is -0.149. The van der Waals surface area contributed by atoms with E-state index in [-0.39, 0.29) is 24.2 Å². The van der Waals surface area contributed by atoms with E-state index in [0.717, 1.165) is 6.54 Å². The molecule has 0 amide bonds. The number of carbonyl (C=O) groups is 1. The molecule has 0 aliphatic carbocycles. The van der Waals surface area contributed by atoms with Crippen molar-refractivity contribution in [3.8, 4) is 0 Å². The van der Waals surface area contributed by atoms with Crippen LogP contribution in [-0.2, 0) is 14.3 Å². The van der Waals surface area contributed by atoms with Crippen molar-refractivity contribution in [1.29, 1.82) is 0 Å². The zero-order valence-electron chi connectivity index (χ0n) is 15.0. The van der Waals surface area contributed by atoms with Crippen LogP contribution in [0.3, 0.4) is 0 Å². The van der Waals surface area contributed by atoms with Gasteiger partial charge in [0.05, 0.1) is 19.8 Å². The second-order valence-corrected chi connectivity index (χ2v) is 6.58. The number of hydrogen-bond donors (Lipinski definition) is 1. The fourth-order valence-corrected chi connectivity index (χ4v) is 2.46. The molecule has 5 nitrogen and oxygen atoms in total. The fraction of sp³-hybridized carbons (Fsp3) is 0.938. The fourth-order valence-electron chi connectivity index (χ4n) is 2.46. The van der Waals surface area contributed by atoms with Gasteiger partial charge in [0.25, 0.3) is 0 Å². The molecule has 0 aliphatic rings. The molecule has 2 unspecified atom stereocenters. The molecule has 0 heterocycles. The van der Waals surface area contributed by atoms with Crippen molar-refractivity contribution in [2.45, 2.75) is 71.7 Å². The highest BCUT2D eigenvalue weighted by Gasteiger charge is 2.36. The van der Waals surface area contributed by atoms with Crippen molar-refractivity contribution >= 4 is 5.97 Å². The number of carbonyl (C=O) groups excluding carboxylic acids is 1. The Hall–Kier alpha value is -0.650. The molecular weight excluding hydrogens is 268 g/mol. The maximum absolute atomic E-state index is 12.1. The molecule has 21 heavy (non-hydrogen) atoms. The molecule has 0 fully saturated rings. The summed E-state index contributed by atoms with van der Waals surface area (Å²) in [6, 6.07) is 0.465. The molecule has 126 valence electrons. The monoisotopic (exact) mass is 302 g/mol. The summed E-state index contributed by atoms with van der Waals surface area (Å²) in [7, 11) is 3.49. The quantitative estimate of drug-likeness (QED) is 0.626. The SMILES string of the molecule is COC(=O)C(C)(CC(C)N(C)CCOC(C)C)NC(C)C. The molecule has 0 saturated carbocycles. The van der Waals surface area contributed by atoms with Gasteiger partial charge in [0.2, 0.25) is 0 Å². The number of nitrogens with zero attached hydrogens (tertiary/aromatic N) is 1. The van der Waals surface area contributed by atoms with Crippen molar-refractivity contribution < 1.29 is 14.3 Å². The Balaban J connectivity index is 4.58. The lowest BCUT2D eigenvalue weighted by Gasteiger charge is -2.35. The molecule has 1 N–H and O–H groups in total. The van der Waals surface area contributed by atoms with E-state index in [1.165, 1.54) is 7.11 Å². The minimum absolute atomic E-state index is 0.213. The summed E-state index contributed by atoms with van der Waals surface area (Å²) < 4.78 is 10.5. The second kappa shape index (κ2) is 9.38. The molecule has 0 radical (unpaired) electrons. The van der Waals surface area contributed by atoms with Gasteiger partial charge in [-0.05, 0) is 55.0 Å². The van der Waals surface area contributed by atoms with Crippen LogP contribution in [0.2, 0.25) is 0 Å². The first-order valence-corrected chi connectivity index (χ1v) is 7.80. The first kappa shape index (κ1) is 20.3. The topological polar surface area (TPSA) is 50.8 Å². The van der Waals surface area contributed by atoms with Crippen LogP contribution < -0.4 is 5.32 Å². The predicted molar refractivity (Wildman–Crippen MR) is 86.5 cm³/mol. The Morgan fingerprint density at radius 2 is 1.81 bits per heavy atom. The Labute approximate surface area is 130 Å². The van der Waals surface area contributed by atoms with Crippen LogP contribution >= 0.6 is 0 Å². The summed E-state index contributed by atoms with van der Waals surface area (Å²) in [6.45, 7) is 13.7. The molecule has 0 rings (SSSR count). The molecule has 0 aromatic heterocycles. The molecule has 0 saturated heterocycles. The van der Waals surface area contributed by atoms with Gasteiger partial charge in [0, 0.05) is 18.6 Å². The average molecular weight is 302 g/mol. The number of nitrogens with one attached hydrogen (secondary N) is 1. The third-order valence-electron chi connectivity index (χ3n) is 3.59. The van der Waals surface area contributed by atoms with Gasteiger partial charge in [0.15, 0.2) is 0 Å². The standard InChI is InChI=1S/C16H34N2O3/c1-12(2)17-16(6,15(19)20-8)11-14(5)18(7)9-10-21-13(3)4/h12-14,17H,9-11H2,1-8H3. The van der Waals surface area contributed by atoms with Crippen LogP contribution in [0.1, 0.15) is 48.0 Å². The van der Waals surface area contributed by atoms with Gasteiger partial charge >= 0.3 is 5.97 Å². The molecule has 0 bridgehead atoms. The summed E-state index contributed by atoms with van der Waals surface area (Å²) >= 11 is 0. The van der Waals surface area contributed by atoms with Gasteiger partial charge in [0.1, 0.15) is 5.54 Å². The lowest BCUT2D eigenvalue weighted by Crippen LogP contribution is -2.56. The molecule has 0 spiro atoms. The van der Waals surface area contributed by atoms with Crippen LogP contribution in [0.15, 0.2) is 0 Å². The Bertz CT molecular complexity index is 308. The predicted octanol–water partition coefficient (Wildman–Crippen LogP) is 2.05. The van der Waals surface area contributed by atoms with Crippen LogP contribution in [0.4, 0.5) is 0 Å². The van der Waals surface area contributed by atoms with E-state index in [0.29, 0.717) is 13.0 Å². The third kappa shape index (κ3) is 7.79. The van der Waals surface area contributed by atoms with E-state index < -0.39 is 5.54 Å². The maximum atomic E-state index is 12.1. The number of likely N-dealkylation sites (N-methyl/N-ethyl adjacent to an activating group) is 1. The minimum Gasteiger partial charge on any atom is -0.468 e. The average Bonchev–Trinajstić information content (AvgIpc) is 2.35. The van der Waals surface area contributed by atoms with E-state index in [1.807, 2.05) is 34.6 Å². The van der Waals surface area contributed by atoms with Crippen LogP contribution in [-0.4, -0.2) is 61.9 Å². The molecule has 0 aromatic rings. The van der Waals surface area contributed by atoms with Crippen molar-refractivity contribution in [1.82, 2.24) is 10.2 Å². The highest BCUT2D eigenvalue weighted by atomic mass is 16.5. The zero-order chi connectivity index (χ0) is 16.6. The van der Waals surface area contributed by atoms with E-state index in [1.54, 1.807) is 0 Å². The Morgan fingerprint density at radius 3 is 2.24 bits per heavy atom. The van der Waals surface area contributed by atoms with Gasteiger partial charge in [-0.3, -0.25) is 10.1 Å². The molecule has 0 aromatic carbocycles. The van der Waals surface area contributed by atoms with Crippen LogP contribution in [0, 0.1) is 0 Å². The van der Waals surface area contributed by atoms with Gasteiger partial charge in [-0.15, -0.1) is 0 Å². The van der Waals surface area contributed by atoms with E-state index in [2.05, 4.69) is 24.2 Å². The highest BCUT2D eigenvalue weighted by Crippen LogP contribution is 2.18. The largest absolute Gasteiger partial charge is 0.468 e. The minimum atomic E-state index is -0.671. The number of esters is 1. The van der Waals surface area contributed by atoms with Gasteiger partial charge in [-0.1, -0.05) is 0 Å². The maximum Gasteiger partial charge on any atom is 0.325 e. The summed E-state index contributed by atoms with van der Waals surface area (Å²) in [6.07, 6.45) is 0.937. The van der Waals surface area contributed by atoms with Crippen molar-refractivity contribution in [3.05, 3.63) is 0 Å². The number of rotatable bonds is 10. The molecular formula is C16H34N2O3. The number of methoxy groups -OCH3 is 1. The Kier molecular flexibility index (Phi) is 9.09. The summed E-state index contributed by atoms with van der Waals surface area (Å²) in [4.78, 5) is 14.3. The summed E-state index contributed by atoms with van der Waals surface area (Å²) in [5.41, 5.74) is -0.671. The molecule has 5 heteroatoms. The van der Waals surface area contributed by atoms with E-state index >= 15 is 0 Å².